The van der Waals surface area contributed by atoms with Crippen LogP contribution in [0.1, 0.15) is 34.1 Å². The highest BCUT2D eigenvalue weighted by Crippen LogP contribution is 2.25. The van der Waals surface area contributed by atoms with E-state index in [2.05, 4.69) is 11.9 Å². The van der Waals surface area contributed by atoms with E-state index in [0.717, 1.165) is 33.4 Å². The molecular weight excluding hydrogens is 350 g/mol. The van der Waals surface area contributed by atoms with Crippen molar-refractivity contribution in [2.24, 2.45) is 0 Å². The number of nitrogens with zero attached hydrogens (tertiary/aromatic N) is 2. The number of hydrogen-bond acceptors (Lipinski definition) is 2. The first-order valence-corrected chi connectivity index (χ1v) is 9.62. The van der Waals surface area contributed by atoms with Gasteiger partial charge in [-0.2, -0.15) is 0 Å². The molecule has 28 heavy (non-hydrogen) atoms. The van der Waals surface area contributed by atoms with Crippen LogP contribution in [0.3, 0.4) is 0 Å². The van der Waals surface area contributed by atoms with Crippen molar-refractivity contribution in [1.29, 1.82) is 0 Å². The number of nitrogens with one attached hydrogen (secondary N) is 1. The van der Waals surface area contributed by atoms with Crippen LogP contribution < -0.4 is 4.90 Å². The molecule has 2 heterocycles. The zero-order valence-electron chi connectivity index (χ0n) is 16.7. The molecule has 0 spiro atoms. The maximum absolute atomic E-state index is 13.2. The fourth-order valence-corrected chi connectivity index (χ4v) is 3.93. The zero-order chi connectivity index (χ0) is 20.0. The fourth-order valence-electron chi connectivity index (χ4n) is 3.93. The highest BCUT2D eigenvalue weighted by atomic mass is 16.2. The van der Waals surface area contributed by atoms with Gasteiger partial charge in [0.1, 0.15) is 6.54 Å². The summed E-state index contributed by atoms with van der Waals surface area (Å²) in [5.74, 6) is -0.142. The molecule has 4 rings (SSSR count). The van der Waals surface area contributed by atoms with Crippen molar-refractivity contribution < 1.29 is 9.59 Å². The molecule has 2 aromatic carbocycles. The van der Waals surface area contributed by atoms with Gasteiger partial charge in [-0.3, -0.25) is 9.59 Å². The van der Waals surface area contributed by atoms with E-state index in [-0.39, 0.29) is 24.4 Å². The number of rotatable bonds is 2. The molecule has 3 aromatic rings. The number of carbonyl (C=O) groups is 2. The SMILES string of the molecule is Cc1cccc(N2C[C@@H](C)N(C(=O)c3ccc4[nH]c(C)c(C)c4c3)CC2=O)c1. The van der Waals surface area contributed by atoms with E-state index < -0.39 is 0 Å². The third-order valence-corrected chi connectivity index (χ3v) is 5.71. The van der Waals surface area contributed by atoms with Crippen LogP contribution >= 0.6 is 0 Å². The van der Waals surface area contributed by atoms with Gasteiger partial charge in [-0.1, -0.05) is 12.1 Å². The average molecular weight is 375 g/mol. The van der Waals surface area contributed by atoms with Crippen LogP contribution in [0.4, 0.5) is 5.69 Å². The standard InChI is InChI=1S/C23H25N3O2/c1-14-6-5-7-19(10-14)26-12-15(2)25(13-22(26)27)23(28)18-8-9-21-20(11-18)16(3)17(4)24-21/h5-11,15,24H,12-13H2,1-4H3/t15-/m1/s1. The van der Waals surface area contributed by atoms with Crippen molar-refractivity contribution in [3.63, 3.8) is 0 Å². The van der Waals surface area contributed by atoms with E-state index in [1.165, 1.54) is 0 Å². The molecule has 1 aromatic heterocycles. The van der Waals surface area contributed by atoms with Crippen molar-refractivity contribution in [2.45, 2.75) is 33.7 Å². The second-order valence-electron chi connectivity index (χ2n) is 7.76. The molecule has 0 unspecified atom stereocenters. The molecule has 2 amide bonds. The van der Waals surface area contributed by atoms with E-state index in [4.69, 9.17) is 0 Å². The lowest BCUT2D eigenvalue weighted by Crippen LogP contribution is -2.57. The van der Waals surface area contributed by atoms with Crippen LogP contribution in [0.15, 0.2) is 42.5 Å². The van der Waals surface area contributed by atoms with Gasteiger partial charge in [-0.15, -0.1) is 0 Å². The quantitative estimate of drug-likeness (QED) is 0.737. The van der Waals surface area contributed by atoms with Gasteiger partial charge in [0.15, 0.2) is 0 Å². The molecule has 5 heteroatoms. The summed E-state index contributed by atoms with van der Waals surface area (Å²) in [4.78, 5) is 32.8. The molecular formula is C23H25N3O2. The fraction of sp³-hybridized carbons (Fsp3) is 0.304. The van der Waals surface area contributed by atoms with Gasteiger partial charge in [0.2, 0.25) is 5.91 Å². The third kappa shape index (κ3) is 3.07. The first-order valence-electron chi connectivity index (χ1n) is 9.62. The number of anilines is 1. The second kappa shape index (κ2) is 6.82. The van der Waals surface area contributed by atoms with Gasteiger partial charge in [-0.25, -0.2) is 0 Å². The summed E-state index contributed by atoms with van der Waals surface area (Å²) in [6, 6.07) is 13.6. The van der Waals surface area contributed by atoms with E-state index in [1.54, 1.807) is 9.80 Å². The normalized spacial score (nSPS) is 17.4. The highest BCUT2D eigenvalue weighted by molar-refractivity contribution is 6.03. The number of amides is 2. The molecule has 1 saturated heterocycles. The van der Waals surface area contributed by atoms with Crippen molar-refractivity contribution >= 4 is 28.4 Å². The lowest BCUT2D eigenvalue weighted by molar-refractivity contribution is -0.121. The van der Waals surface area contributed by atoms with Crippen molar-refractivity contribution in [3.8, 4) is 0 Å². The number of H-pyrrole nitrogens is 1. The van der Waals surface area contributed by atoms with Crippen LogP contribution in [-0.4, -0.2) is 40.8 Å². The summed E-state index contributed by atoms with van der Waals surface area (Å²) in [5.41, 5.74) is 5.91. The molecule has 0 radical (unpaired) electrons. The average Bonchev–Trinajstić information content (AvgIpc) is 2.96. The molecule has 0 saturated carbocycles. The Bertz CT molecular complexity index is 1080. The Labute approximate surface area is 165 Å². The largest absolute Gasteiger partial charge is 0.358 e. The van der Waals surface area contributed by atoms with Gasteiger partial charge in [0.05, 0.1) is 0 Å². The summed E-state index contributed by atoms with van der Waals surface area (Å²) in [6.07, 6.45) is 0. The minimum Gasteiger partial charge on any atom is -0.358 e. The van der Waals surface area contributed by atoms with E-state index in [1.807, 2.05) is 63.2 Å². The number of aromatic amines is 1. The first kappa shape index (κ1) is 18.3. The summed E-state index contributed by atoms with van der Waals surface area (Å²) >= 11 is 0. The Balaban J connectivity index is 1.59. The van der Waals surface area contributed by atoms with Crippen LogP contribution in [-0.2, 0) is 4.79 Å². The van der Waals surface area contributed by atoms with Crippen LogP contribution in [0, 0.1) is 20.8 Å². The second-order valence-corrected chi connectivity index (χ2v) is 7.76. The lowest BCUT2D eigenvalue weighted by Gasteiger charge is -2.39. The monoisotopic (exact) mass is 375 g/mol. The molecule has 144 valence electrons. The third-order valence-electron chi connectivity index (χ3n) is 5.71. The minimum atomic E-state index is -0.0927. The number of piperazine rings is 1. The van der Waals surface area contributed by atoms with Crippen LogP contribution in [0.25, 0.3) is 10.9 Å². The maximum Gasteiger partial charge on any atom is 0.254 e. The van der Waals surface area contributed by atoms with Gasteiger partial charge in [0.25, 0.3) is 5.91 Å². The van der Waals surface area contributed by atoms with Gasteiger partial charge < -0.3 is 14.8 Å². The van der Waals surface area contributed by atoms with Crippen LogP contribution in [0.2, 0.25) is 0 Å². The Morgan fingerprint density at radius 1 is 1.11 bits per heavy atom. The molecule has 1 atom stereocenters. The number of aryl methyl sites for hydroxylation is 3. The zero-order valence-corrected chi connectivity index (χ0v) is 16.7. The molecule has 0 bridgehead atoms. The number of carbonyl (C=O) groups excluding carboxylic acids is 2. The summed E-state index contributed by atoms with van der Waals surface area (Å²) in [5, 5.41) is 1.06. The maximum atomic E-state index is 13.2. The minimum absolute atomic E-state index is 0.0493. The van der Waals surface area contributed by atoms with Gasteiger partial charge >= 0.3 is 0 Å². The predicted octanol–water partition coefficient (Wildman–Crippen LogP) is 3.97. The topological polar surface area (TPSA) is 56.4 Å². The molecule has 0 aliphatic carbocycles. The number of fused-ring (bicyclic) bond motifs is 1. The molecule has 1 fully saturated rings. The summed E-state index contributed by atoms with van der Waals surface area (Å²) in [6.45, 7) is 8.68. The van der Waals surface area contributed by atoms with Crippen molar-refractivity contribution in [2.75, 3.05) is 18.0 Å². The van der Waals surface area contributed by atoms with Gasteiger partial charge in [-0.05, 0) is 69.2 Å². The number of aromatic nitrogens is 1. The highest BCUT2D eigenvalue weighted by Gasteiger charge is 2.33. The molecule has 5 nitrogen and oxygen atoms in total. The van der Waals surface area contributed by atoms with Crippen molar-refractivity contribution in [1.82, 2.24) is 9.88 Å². The van der Waals surface area contributed by atoms with E-state index >= 15 is 0 Å². The van der Waals surface area contributed by atoms with Crippen LogP contribution in [0.5, 0.6) is 0 Å². The summed E-state index contributed by atoms with van der Waals surface area (Å²) in [7, 11) is 0. The Morgan fingerprint density at radius 3 is 2.64 bits per heavy atom. The predicted molar refractivity (Wildman–Crippen MR) is 112 cm³/mol. The van der Waals surface area contributed by atoms with E-state index in [9.17, 15) is 9.59 Å². The molecule has 1 aliphatic heterocycles. The van der Waals surface area contributed by atoms with Crippen molar-refractivity contribution in [3.05, 3.63) is 64.8 Å². The first-order chi connectivity index (χ1) is 13.3. The Morgan fingerprint density at radius 2 is 1.89 bits per heavy atom. The Hall–Kier alpha value is -3.08. The molecule has 1 N–H and O–H groups in total. The van der Waals surface area contributed by atoms with Gasteiger partial charge in [0, 0.05) is 40.4 Å². The molecule has 1 aliphatic rings. The smallest absolute Gasteiger partial charge is 0.254 e. The lowest BCUT2D eigenvalue weighted by atomic mass is 10.1. The number of hydrogen-bond donors (Lipinski definition) is 1. The summed E-state index contributed by atoms with van der Waals surface area (Å²) < 4.78 is 0. The van der Waals surface area contributed by atoms with E-state index in [0.29, 0.717) is 12.1 Å². The Kier molecular flexibility index (Phi) is 4.46. The number of benzene rings is 2.